The van der Waals surface area contributed by atoms with E-state index < -0.39 is 5.97 Å². The molecule has 0 atom stereocenters. The molecule has 0 N–H and O–H groups in total. The smallest absolute Gasteiger partial charge is 0.306 e. The van der Waals surface area contributed by atoms with Gasteiger partial charge in [-0.2, -0.15) is 0 Å². The summed E-state index contributed by atoms with van der Waals surface area (Å²) in [7, 11) is 0. The fraction of sp³-hybridized carbons (Fsp3) is 0.519. The molecule has 0 saturated heterocycles. The Morgan fingerprint density at radius 3 is 1.50 bits per heavy atom. The molecule has 0 aliphatic rings. The third kappa shape index (κ3) is 23.6. The van der Waals surface area contributed by atoms with Crippen molar-refractivity contribution in [2.45, 2.75) is 78.1 Å². The lowest BCUT2D eigenvalue weighted by Gasteiger charge is -2.05. The monoisotopic (exact) mass is 444 g/mol. The van der Waals surface area contributed by atoms with E-state index in [1.807, 2.05) is 0 Å². The summed E-state index contributed by atoms with van der Waals surface area (Å²) in [6.45, 7) is 3.64. The highest BCUT2D eigenvalue weighted by Gasteiger charge is 2.06. The lowest BCUT2D eigenvalue weighted by molar-refractivity contribution is -0.152. The number of hydrogen-bond acceptors (Lipinski definition) is 5. The Kier molecular flexibility index (Phi) is 21.1. The SMILES string of the molecule is CC/C=C\C/C=C\C/C=C\C/C=C\C/C=C\CCCC(=O)OCCOC(=O)CCC(C)=O. The summed E-state index contributed by atoms with van der Waals surface area (Å²) in [6, 6.07) is 0. The van der Waals surface area contributed by atoms with Gasteiger partial charge in [0.1, 0.15) is 19.0 Å². The first-order valence-corrected chi connectivity index (χ1v) is 11.6. The van der Waals surface area contributed by atoms with E-state index in [0.717, 1.165) is 44.9 Å². The second-order valence-corrected chi connectivity index (χ2v) is 7.24. The Labute approximate surface area is 193 Å². The molecule has 0 saturated carbocycles. The molecule has 0 spiro atoms. The van der Waals surface area contributed by atoms with Crippen molar-refractivity contribution in [3.05, 3.63) is 60.8 Å². The standard InChI is InChI=1S/C27H40O5/c1-3-4-5-6-7-8-9-10-11-12-13-14-15-16-17-18-19-20-26(29)31-23-24-32-27(30)22-21-25(2)28/h4-5,7-8,10-11,13-14,16-17H,3,6,9,12,15,18-24H2,1-2H3/b5-4-,8-7-,11-10-,14-13-,17-16-. The van der Waals surface area contributed by atoms with Crippen LogP contribution in [0.25, 0.3) is 0 Å². The maximum atomic E-state index is 11.6. The molecule has 178 valence electrons. The van der Waals surface area contributed by atoms with E-state index in [9.17, 15) is 14.4 Å². The molecule has 0 radical (unpaired) electrons. The molecule has 0 aromatic heterocycles. The third-order valence-corrected chi connectivity index (χ3v) is 4.20. The minimum absolute atomic E-state index is 0.0250. The van der Waals surface area contributed by atoms with E-state index >= 15 is 0 Å². The fourth-order valence-corrected chi connectivity index (χ4v) is 2.47. The molecule has 0 aliphatic carbocycles. The number of carbonyl (C=O) groups excluding carboxylic acids is 3. The van der Waals surface area contributed by atoms with Crippen molar-refractivity contribution in [2.75, 3.05) is 13.2 Å². The molecular weight excluding hydrogens is 404 g/mol. The first-order valence-electron chi connectivity index (χ1n) is 11.6. The fourth-order valence-electron chi connectivity index (χ4n) is 2.47. The number of ketones is 1. The maximum absolute atomic E-state index is 11.6. The molecule has 0 rings (SSSR count). The van der Waals surface area contributed by atoms with Crippen molar-refractivity contribution >= 4 is 17.7 Å². The van der Waals surface area contributed by atoms with Gasteiger partial charge in [0.05, 0.1) is 6.42 Å². The Morgan fingerprint density at radius 1 is 0.594 bits per heavy atom. The molecule has 0 aliphatic heterocycles. The van der Waals surface area contributed by atoms with E-state index in [1.165, 1.54) is 6.92 Å². The highest BCUT2D eigenvalue weighted by Crippen LogP contribution is 2.01. The van der Waals surface area contributed by atoms with Gasteiger partial charge < -0.3 is 14.3 Å². The van der Waals surface area contributed by atoms with Crippen molar-refractivity contribution in [1.82, 2.24) is 0 Å². The quantitative estimate of drug-likeness (QED) is 0.132. The van der Waals surface area contributed by atoms with Gasteiger partial charge in [0.2, 0.25) is 0 Å². The molecule has 0 unspecified atom stereocenters. The van der Waals surface area contributed by atoms with Crippen LogP contribution in [0.5, 0.6) is 0 Å². The van der Waals surface area contributed by atoms with E-state index in [1.54, 1.807) is 0 Å². The highest BCUT2D eigenvalue weighted by molar-refractivity contribution is 5.80. The minimum atomic E-state index is -0.449. The molecule has 0 aromatic carbocycles. The zero-order valence-corrected chi connectivity index (χ0v) is 19.8. The predicted octanol–water partition coefficient (Wildman–Crippen LogP) is 6.36. The average Bonchev–Trinajstić information content (AvgIpc) is 2.77. The molecule has 32 heavy (non-hydrogen) atoms. The lowest BCUT2D eigenvalue weighted by Crippen LogP contribution is -2.14. The van der Waals surface area contributed by atoms with Crippen LogP contribution < -0.4 is 0 Å². The largest absolute Gasteiger partial charge is 0.462 e. The van der Waals surface area contributed by atoms with Gasteiger partial charge in [0.15, 0.2) is 0 Å². The summed E-state index contributed by atoms with van der Waals surface area (Å²) in [5, 5.41) is 0. The lowest BCUT2D eigenvalue weighted by atomic mass is 10.2. The van der Waals surface area contributed by atoms with Gasteiger partial charge in [-0.15, -0.1) is 0 Å². The number of carbonyl (C=O) groups is 3. The first kappa shape index (κ1) is 29.3. The highest BCUT2D eigenvalue weighted by atomic mass is 16.6. The van der Waals surface area contributed by atoms with Crippen LogP contribution in [0.2, 0.25) is 0 Å². The van der Waals surface area contributed by atoms with Gasteiger partial charge in [-0.05, 0) is 51.9 Å². The van der Waals surface area contributed by atoms with Gasteiger partial charge in [-0.1, -0.05) is 67.7 Å². The van der Waals surface area contributed by atoms with Gasteiger partial charge in [-0.25, -0.2) is 0 Å². The van der Waals surface area contributed by atoms with Crippen LogP contribution in [-0.4, -0.2) is 30.9 Å². The van der Waals surface area contributed by atoms with Gasteiger partial charge in [0.25, 0.3) is 0 Å². The van der Waals surface area contributed by atoms with Gasteiger partial charge >= 0.3 is 11.9 Å². The molecule has 0 aromatic rings. The molecule has 5 nitrogen and oxygen atoms in total. The van der Waals surface area contributed by atoms with Crippen LogP contribution in [0.3, 0.4) is 0 Å². The Bertz CT molecular complexity index is 653. The van der Waals surface area contributed by atoms with Crippen LogP contribution >= 0.6 is 0 Å². The van der Waals surface area contributed by atoms with Crippen molar-refractivity contribution in [3.8, 4) is 0 Å². The second kappa shape index (κ2) is 23.0. The molecule has 0 fully saturated rings. The summed E-state index contributed by atoms with van der Waals surface area (Å²) in [5.74, 6) is -0.798. The number of hydrogen-bond donors (Lipinski definition) is 0. The summed E-state index contributed by atoms with van der Waals surface area (Å²) >= 11 is 0. The Morgan fingerprint density at radius 2 is 1.03 bits per heavy atom. The summed E-state index contributed by atoms with van der Waals surface area (Å²) in [6.07, 6.45) is 28.6. The summed E-state index contributed by atoms with van der Waals surface area (Å²) < 4.78 is 9.90. The van der Waals surface area contributed by atoms with E-state index in [-0.39, 0.29) is 37.8 Å². The Balaban J connectivity index is 3.56. The number of esters is 2. The average molecular weight is 445 g/mol. The molecule has 0 bridgehead atoms. The maximum Gasteiger partial charge on any atom is 0.306 e. The van der Waals surface area contributed by atoms with E-state index in [2.05, 4.69) is 67.7 Å². The van der Waals surface area contributed by atoms with Crippen molar-refractivity contribution < 1.29 is 23.9 Å². The third-order valence-electron chi connectivity index (χ3n) is 4.20. The van der Waals surface area contributed by atoms with E-state index in [4.69, 9.17) is 9.47 Å². The van der Waals surface area contributed by atoms with Gasteiger partial charge in [0, 0.05) is 12.8 Å². The number of Topliss-reactive ketones (excluding diaryl/α,β-unsaturated/α-hetero) is 1. The number of unbranched alkanes of at least 4 members (excludes halogenated alkanes) is 1. The second-order valence-electron chi connectivity index (χ2n) is 7.24. The minimum Gasteiger partial charge on any atom is -0.462 e. The van der Waals surface area contributed by atoms with E-state index in [0.29, 0.717) is 6.42 Å². The van der Waals surface area contributed by atoms with Crippen molar-refractivity contribution in [2.24, 2.45) is 0 Å². The van der Waals surface area contributed by atoms with Crippen LogP contribution in [-0.2, 0) is 23.9 Å². The first-order chi connectivity index (χ1) is 15.6. The van der Waals surface area contributed by atoms with Crippen LogP contribution in [0.15, 0.2) is 60.8 Å². The van der Waals surface area contributed by atoms with Crippen LogP contribution in [0, 0.1) is 0 Å². The molecule has 0 heterocycles. The summed E-state index contributed by atoms with van der Waals surface area (Å²) in [5.41, 5.74) is 0. The van der Waals surface area contributed by atoms with Gasteiger partial charge in [-0.3, -0.25) is 9.59 Å². The van der Waals surface area contributed by atoms with Crippen LogP contribution in [0.4, 0.5) is 0 Å². The molecule has 5 heteroatoms. The summed E-state index contributed by atoms with van der Waals surface area (Å²) in [4.78, 5) is 33.7. The normalized spacial score (nSPS) is 12.1. The van der Waals surface area contributed by atoms with Crippen LogP contribution in [0.1, 0.15) is 78.1 Å². The molecular formula is C27H40O5. The van der Waals surface area contributed by atoms with Crippen molar-refractivity contribution in [3.63, 3.8) is 0 Å². The zero-order valence-electron chi connectivity index (χ0n) is 19.8. The number of rotatable bonds is 19. The number of allylic oxidation sites excluding steroid dienone is 10. The Hall–Kier alpha value is -2.69. The zero-order chi connectivity index (χ0) is 23.7. The van der Waals surface area contributed by atoms with Crippen molar-refractivity contribution in [1.29, 1.82) is 0 Å². The topological polar surface area (TPSA) is 69.7 Å². The number of ether oxygens (including phenoxy) is 2. The predicted molar refractivity (Wildman–Crippen MR) is 130 cm³/mol. The molecule has 0 amide bonds.